The second kappa shape index (κ2) is 7.38. The molecule has 4 nitrogen and oxygen atoms in total. The third-order valence-corrected chi connectivity index (χ3v) is 4.87. The molecule has 2 rings (SSSR count). The highest BCUT2D eigenvalue weighted by molar-refractivity contribution is 7.16. The van der Waals surface area contributed by atoms with Crippen molar-refractivity contribution < 1.29 is 14.3 Å². The van der Waals surface area contributed by atoms with Gasteiger partial charge in [0.15, 0.2) is 0 Å². The monoisotopic (exact) mass is 323 g/mol. The smallest absolute Gasteiger partial charge is 0.341 e. The molecule has 0 fully saturated rings. The number of anilines is 1. The number of carbonyl (C=O) groups is 2. The van der Waals surface area contributed by atoms with Gasteiger partial charge in [-0.2, -0.15) is 0 Å². The molecule has 21 heavy (non-hydrogen) atoms. The molecule has 1 N–H and O–H groups in total. The number of aryl methyl sites for hydroxylation is 1. The summed E-state index contributed by atoms with van der Waals surface area (Å²) < 4.78 is 5.03. The minimum absolute atomic E-state index is 0.118. The molecular weight excluding hydrogens is 306 g/mol. The number of ether oxygens (including phenoxy) is 1. The number of nitrogens with one attached hydrogen (secondary N) is 1. The Morgan fingerprint density at radius 2 is 2.10 bits per heavy atom. The minimum Gasteiger partial charge on any atom is -0.462 e. The van der Waals surface area contributed by atoms with Gasteiger partial charge in [-0.25, -0.2) is 4.79 Å². The van der Waals surface area contributed by atoms with Crippen molar-refractivity contribution in [3.63, 3.8) is 0 Å². The first-order valence-corrected chi connectivity index (χ1v) is 8.45. The molecule has 2 heterocycles. The number of carbonyl (C=O) groups excluding carboxylic acids is 2. The van der Waals surface area contributed by atoms with Crippen molar-refractivity contribution in [2.24, 2.45) is 0 Å². The van der Waals surface area contributed by atoms with E-state index in [2.05, 4.69) is 5.32 Å². The number of rotatable bonds is 6. The topological polar surface area (TPSA) is 55.4 Å². The Labute approximate surface area is 131 Å². The van der Waals surface area contributed by atoms with Gasteiger partial charge in [-0.1, -0.05) is 13.0 Å². The Kier molecular flexibility index (Phi) is 5.52. The molecule has 2 aromatic heterocycles. The van der Waals surface area contributed by atoms with Crippen molar-refractivity contribution >= 4 is 39.6 Å². The van der Waals surface area contributed by atoms with Crippen LogP contribution < -0.4 is 5.32 Å². The first-order valence-electron chi connectivity index (χ1n) is 6.76. The van der Waals surface area contributed by atoms with Gasteiger partial charge < -0.3 is 10.1 Å². The predicted octanol–water partition coefficient (Wildman–Crippen LogP) is 3.73. The first-order chi connectivity index (χ1) is 10.1. The molecule has 6 heteroatoms. The molecule has 0 spiro atoms. The summed E-state index contributed by atoms with van der Waals surface area (Å²) in [6.07, 6.45) is 1.14. The Bertz CT molecular complexity index is 617. The van der Waals surface area contributed by atoms with E-state index in [9.17, 15) is 9.59 Å². The van der Waals surface area contributed by atoms with E-state index >= 15 is 0 Å². The average Bonchev–Trinajstić information content (AvgIpc) is 3.08. The average molecular weight is 323 g/mol. The lowest BCUT2D eigenvalue weighted by molar-refractivity contribution is -0.115. The van der Waals surface area contributed by atoms with Crippen LogP contribution in [0.3, 0.4) is 0 Å². The summed E-state index contributed by atoms with van der Waals surface area (Å²) in [7, 11) is 0. The maximum atomic E-state index is 12.1. The fourth-order valence-corrected chi connectivity index (χ4v) is 3.52. The van der Waals surface area contributed by atoms with Gasteiger partial charge in [0.05, 0.1) is 18.6 Å². The summed E-state index contributed by atoms with van der Waals surface area (Å²) in [6, 6.07) is 5.63. The Morgan fingerprint density at radius 3 is 2.71 bits per heavy atom. The highest BCUT2D eigenvalue weighted by Crippen LogP contribution is 2.29. The van der Waals surface area contributed by atoms with Gasteiger partial charge >= 0.3 is 5.97 Å². The number of hydrogen-bond donors (Lipinski definition) is 1. The van der Waals surface area contributed by atoms with E-state index in [1.807, 2.05) is 24.4 Å². The maximum Gasteiger partial charge on any atom is 0.341 e. The Morgan fingerprint density at radius 1 is 1.29 bits per heavy atom. The molecule has 0 radical (unpaired) electrons. The molecule has 0 saturated carbocycles. The quantitative estimate of drug-likeness (QED) is 0.824. The molecule has 0 bridgehead atoms. The second-order valence-corrected chi connectivity index (χ2v) is 6.50. The molecule has 0 atom stereocenters. The molecule has 0 unspecified atom stereocenters. The number of esters is 1. The highest BCUT2D eigenvalue weighted by atomic mass is 32.1. The van der Waals surface area contributed by atoms with Crippen LogP contribution >= 0.6 is 22.7 Å². The largest absolute Gasteiger partial charge is 0.462 e. The van der Waals surface area contributed by atoms with E-state index in [-0.39, 0.29) is 11.9 Å². The molecule has 0 aromatic carbocycles. The zero-order valence-corrected chi connectivity index (χ0v) is 13.6. The zero-order chi connectivity index (χ0) is 15.2. The van der Waals surface area contributed by atoms with Crippen LogP contribution in [-0.2, 0) is 22.4 Å². The minimum atomic E-state index is -0.389. The number of hydrogen-bond acceptors (Lipinski definition) is 5. The van der Waals surface area contributed by atoms with Crippen LogP contribution in [-0.4, -0.2) is 18.5 Å². The molecule has 0 aliphatic carbocycles. The summed E-state index contributed by atoms with van der Waals surface area (Å²) in [6.45, 7) is 4.09. The fourth-order valence-electron chi connectivity index (χ4n) is 1.81. The van der Waals surface area contributed by atoms with E-state index in [4.69, 9.17) is 4.74 Å². The molecule has 0 saturated heterocycles. The lowest BCUT2D eigenvalue weighted by Gasteiger charge is -2.05. The number of thiophene rings is 2. The summed E-state index contributed by atoms with van der Waals surface area (Å²) >= 11 is 2.97. The van der Waals surface area contributed by atoms with Crippen molar-refractivity contribution in [3.05, 3.63) is 38.9 Å². The summed E-state index contributed by atoms with van der Waals surface area (Å²) in [5.41, 5.74) is 0.443. The van der Waals surface area contributed by atoms with Crippen LogP contribution in [0.25, 0.3) is 0 Å². The van der Waals surface area contributed by atoms with Crippen molar-refractivity contribution in [2.45, 2.75) is 26.7 Å². The van der Waals surface area contributed by atoms with E-state index in [1.54, 1.807) is 24.3 Å². The van der Waals surface area contributed by atoms with Gasteiger partial charge in [0.1, 0.15) is 5.00 Å². The van der Waals surface area contributed by atoms with Gasteiger partial charge in [0.25, 0.3) is 0 Å². The molecular formula is C15H17NO3S2. The Balaban J connectivity index is 2.12. The van der Waals surface area contributed by atoms with E-state index in [0.29, 0.717) is 23.6 Å². The highest BCUT2D eigenvalue weighted by Gasteiger charge is 2.18. The molecule has 1 amide bonds. The van der Waals surface area contributed by atoms with Gasteiger partial charge in [-0.15, -0.1) is 22.7 Å². The van der Waals surface area contributed by atoms with Gasteiger partial charge in [0, 0.05) is 9.75 Å². The van der Waals surface area contributed by atoms with Crippen molar-refractivity contribution in [1.82, 2.24) is 0 Å². The Hall–Kier alpha value is -1.66. The van der Waals surface area contributed by atoms with E-state index in [1.165, 1.54) is 11.3 Å². The van der Waals surface area contributed by atoms with Crippen molar-refractivity contribution in [1.29, 1.82) is 0 Å². The van der Waals surface area contributed by atoms with E-state index in [0.717, 1.165) is 16.2 Å². The second-order valence-electron chi connectivity index (χ2n) is 4.33. The SMILES string of the molecule is CCOC(=O)c1cc(CC)sc1NC(=O)Cc1cccs1. The summed E-state index contributed by atoms with van der Waals surface area (Å²) in [4.78, 5) is 26.0. The van der Waals surface area contributed by atoms with Gasteiger partial charge in [0.2, 0.25) is 5.91 Å². The van der Waals surface area contributed by atoms with Crippen LogP contribution in [0, 0.1) is 0 Å². The van der Waals surface area contributed by atoms with Crippen LogP contribution in [0.5, 0.6) is 0 Å². The first kappa shape index (κ1) is 15.7. The third-order valence-electron chi connectivity index (χ3n) is 2.79. The summed E-state index contributed by atoms with van der Waals surface area (Å²) in [5, 5.41) is 5.34. The third kappa shape index (κ3) is 4.15. The van der Waals surface area contributed by atoms with E-state index < -0.39 is 0 Å². The normalized spacial score (nSPS) is 10.4. The lowest BCUT2D eigenvalue weighted by Crippen LogP contribution is -2.15. The maximum absolute atomic E-state index is 12.1. The van der Waals surface area contributed by atoms with Gasteiger partial charge in [-0.05, 0) is 30.9 Å². The van der Waals surface area contributed by atoms with Crippen LogP contribution in [0.2, 0.25) is 0 Å². The number of amides is 1. The molecule has 0 aliphatic heterocycles. The molecule has 0 aliphatic rings. The van der Waals surface area contributed by atoms with Crippen LogP contribution in [0.1, 0.15) is 34.0 Å². The van der Waals surface area contributed by atoms with Crippen molar-refractivity contribution in [3.8, 4) is 0 Å². The lowest BCUT2D eigenvalue weighted by atomic mass is 10.2. The standard InChI is InChI=1S/C15H17NO3S2/c1-3-10-8-12(15(18)19-4-2)14(21-10)16-13(17)9-11-6-5-7-20-11/h5-8H,3-4,9H2,1-2H3,(H,16,17). The predicted molar refractivity (Wildman–Crippen MR) is 86.3 cm³/mol. The fraction of sp³-hybridized carbons (Fsp3) is 0.333. The molecule has 112 valence electrons. The molecule has 2 aromatic rings. The van der Waals surface area contributed by atoms with Gasteiger partial charge in [-0.3, -0.25) is 4.79 Å². The van der Waals surface area contributed by atoms with Crippen LogP contribution in [0.4, 0.5) is 5.00 Å². The van der Waals surface area contributed by atoms with Crippen molar-refractivity contribution in [2.75, 3.05) is 11.9 Å². The summed E-state index contributed by atoms with van der Waals surface area (Å²) in [5.74, 6) is -0.507. The zero-order valence-electron chi connectivity index (χ0n) is 12.0. The van der Waals surface area contributed by atoms with Crippen LogP contribution in [0.15, 0.2) is 23.6 Å².